The van der Waals surface area contributed by atoms with Crippen LogP contribution in [0.1, 0.15) is 11.7 Å². The topological polar surface area (TPSA) is 87.4 Å². The molecular weight excluding hydrogens is 340 g/mol. The summed E-state index contributed by atoms with van der Waals surface area (Å²) < 4.78 is 27.5. The highest BCUT2D eigenvalue weighted by molar-refractivity contribution is 5.85. The molecule has 3 aromatic rings. The van der Waals surface area contributed by atoms with Crippen molar-refractivity contribution < 1.29 is 28.5 Å². The number of ether oxygens (including phenoxy) is 4. The minimum Gasteiger partial charge on any atom is -0.502 e. The molecule has 4 rings (SSSR count). The van der Waals surface area contributed by atoms with Gasteiger partial charge in [0.1, 0.15) is 6.61 Å². The van der Waals surface area contributed by atoms with Gasteiger partial charge in [-0.3, -0.25) is 0 Å². The number of rotatable bonds is 3. The Bertz CT molecular complexity index is 1010. The summed E-state index contributed by atoms with van der Waals surface area (Å²) in [6.45, 7) is 0.196. The maximum Gasteiger partial charge on any atom is 0.336 e. The van der Waals surface area contributed by atoms with Crippen LogP contribution in [0.25, 0.3) is 11.0 Å². The van der Waals surface area contributed by atoms with E-state index in [4.69, 9.17) is 23.4 Å². The number of hydrogen-bond donors (Lipinski definition) is 1. The number of phenolic OH excluding ortho intramolecular Hbond substituents is 1. The third-order valence-corrected chi connectivity index (χ3v) is 4.23. The predicted molar refractivity (Wildman–Crippen MR) is 92.6 cm³/mol. The van der Waals surface area contributed by atoms with E-state index >= 15 is 0 Å². The number of aromatic hydroxyl groups is 1. The average Bonchev–Trinajstić information content (AvgIpc) is 2.67. The van der Waals surface area contributed by atoms with Gasteiger partial charge in [0.15, 0.2) is 28.9 Å². The highest BCUT2D eigenvalue weighted by Gasteiger charge is 2.27. The Morgan fingerprint density at radius 3 is 2.46 bits per heavy atom. The third-order valence-electron chi connectivity index (χ3n) is 4.23. The summed E-state index contributed by atoms with van der Waals surface area (Å²) in [6.07, 6.45) is -0.446. The van der Waals surface area contributed by atoms with E-state index in [9.17, 15) is 9.90 Å². The molecule has 134 valence electrons. The van der Waals surface area contributed by atoms with E-state index in [1.807, 2.05) is 0 Å². The second-order valence-electron chi connectivity index (χ2n) is 5.76. The number of phenols is 1. The Morgan fingerprint density at radius 2 is 1.77 bits per heavy atom. The van der Waals surface area contributed by atoms with Crippen molar-refractivity contribution in [2.45, 2.75) is 6.10 Å². The fourth-order valence-electron chi connectivity index (χ4n) is 2.93. The minimum atomic E-state index is -0.454. The molecule has 0 aliphatic carbocycles. The van der Waals surface area contributed by atoms with Gasteiger partial charge in [-0.2, -0.15) is 0 Å². The first-order valence-electron chi connectivity index (χ1n) is 7.92. The second kappa shape index (κ2) is 6.18. The first-order chi connectivity index (χ1) is 12.6. The van der Waals surface area contributed by atoms with Gasteiger partial charge in [-0.05, 0) is 30.3 Å². The van der Waals surface area contributed by atoms with E-state index in [0.29, 0.717) is 17.1 Å². The Balaban J connectivity index is 1.74. The number of benzene rings is 2. The van der Waals surface area contributed by atoms with Crippen molar-refractivity contribution in [2.75, 3.05) is 20.8 Å². The van der Waals surface area contributed by atoms with Gasteiger partial charge in [-0.1, -0.05) is 0 Å². The summed E-state index contributed by atoms with van der Waals surface area (Å²) >= 11 is 0. The smallest absolute Gasteiger partial charge is 0.336 e. The molecule has 0 saturated carbocycles. The maximum absolute atomic E-state index is 11.5. The van der Waals surface area contributed by atoms with E-state index in [0.717, 1.165) is 10.9 Å². The zero-order valence-corrected chi connectivity index (χ0v) is 14.1. The Morgan fingerprint density at radius 1 is 1.08 bits per heavy atom. The molecule has 0 amide bonds. The second-order valence-corrected chi connectivity index (χ2v) is 5.76. The van der Waals surface area contributed by atoms with Crippen molar-refractivity contribution in [1.29, 1.82) is 0 Å². The molecule has 2 aromatic carbocycles. The molecule has 1 atom stereocenters. The lowest BCUT2D eigenvalue weighted by atomic mass is 10.1. The summed E-state index contributed by atoms with van der Waals surface area (Å²) in [4.78, 5) is 11.5. The van der Waals surface area contributed by atoms with E-state index in [-0.39, 0.29) is 23.9 Å². The normalized spacial score (nSPS) is 15.7. The molecule has 1 aliphatic rings. The molecule has 1 N–H and O–H groups in total. The van der Waals surface area contributed by atoms with Gasteiger partial charge >= 0.3 is 5.63 Å². The first-order valence-corrected chi connectivity index (χ1v) is 7.92. The molecule has 7 heteroatoms. The molecule has 0 radical (unpaired) electrons. The molecule has 0 unspecified atom stereocenters. The van der Waals surface area contributed by atoms with Gasteiger partial charge in [0.05, 0.1) is 14.2 Å². The molecule has 0 spiro atoms. The molecule has 7 nitrogen and oxygen atoms in total. The van der Waals surface area contributed by atoms with E-state index in [2.05, 4.69) is 0 Å². The Kier molecular flexibility index (Phi) is 3.84. The van der Waals surface area contributed by atoms with E-state index in [1.54, 1.807) is 30.3 Å². The van der Waals surface area contributed by atoms with Crippen LogP contribution in [-0.2, 0) is 0 Å². The van der Waals surface area contributed by atoms with Crippen LogP contribution in [-0.4, -0.2) is 25.9 Å². The zero-order valence-electron chi connectivity index (χ0n) is 14.1. The van der Waals surface area contributed by atoms with Crippen molar-refractivity contribution in [3.8, 4) is 28.7 Å². The van der Waals surface area contributed by atoms with Crippen LogP contribution in [0, 0.1) is 0 Å². The van der Waals surface area contributed by atoms with Gasteiger partial charge in [0.25, 0.3) is 0 Å². The van der Waals surface area contributed by atoms with Crippen LogP contribution in [0.4, 0.5) is 0 Å². The van der Waals surface area contributed by atoms with Crippen LogP contribution in [0.5, 0.6) is 28.7 Å². The van der Waals surface area contributed by atoms with Crippen LogP contribution in [0.3, 0.4) is 0 Å². The van der Waals surface area contributed by atoms with Gasteiger partial charge in [-0.25, -0.2) is 4.79 Å². The van der Waals surface area contributed by atoms with Crippen LogP contribution in [0.15, 0.2) is 45.6 Å². The molecule has 0 fully saturated rings. The van der Waals surface area contributed by atoms with Crippen molar-refractivity contribution in [2.24, 2.45) is 0 Å². The van der Waals surface area contributed by atoms with E-state index in [1.165, 1.54) is 20.3 Å². The summed E-state index contributed by atoms with van der Waals surface area (Å²) in [5.74, 6) is 1.34. The largest absolute Gasteiger partial charge is 0.502 e. The maximum atomic E-state index is 11.5. The number of hydrogen-bond acceptors (Lipinski definition) is 7. The van der Waals surface area contributed by atoms with Gasteiger partial charge in [-0.15, -0.1) is 0 Å². The standard InChI is InChI=1S/C19H16O7/c1-22-13-7-11(8-14(23-2)17(13)21)15-9-24-19-12(25-15)5-3-10-4-6-16(20)26-18(10)19/h3-8,15,21H,9H2,1-2H3/t15-/m0/s1. The lowest BCUT2D eigenvalue weighted by Gasteiger charge is -2.27. The van der Waals surface area contributed by atoms with Crippen LogP contribution in [0.2, 0.25) is 0 Å². The highest BCUT2D eigenvalue weighted by Crippen LogP contribution is 2.44. The van der Waals surface area contributed by atoms with Crippen LogP contribution >= 0.6 is 0 Å². The highest BCUT2D eigenvalue weighted by atomic mass is 16.6. The average molecular weight is 356 g/mol. The lowest BCUT2D eigenvalue weighted by molar-refractivity contribution is 0.0912. The fraction of sp³-hybridized carbons (Fsp3) is 0.211. The van der Waals surface area contributed by atoms with Gasteiger partial charge in [0.2, 0.25) is 11.5 Å². The third kappa shape index (κ3) is 2.57. The van der Waals surface area contributed by atoms with Crippen molar-refractivity contribution in [3.63, 3.8) is 0 Å². The van der Waals surface area contributed by atoms with E-state index < -0.39 is 11.7 Å². The molecule has 26 heavy (non-hydrogen) atoms. The summed E-state index contributed by atoms with van der Waals surface area (Å²) in [5.41, 5.74) is 0.621. The monoisotopic (exact) mass is 356 g/mol. The molecule has 2 heterocycles. The quantitative estimate of drug-likeness (QED) is 0.722. The molecule has 1 aromatic heterocycles. The van der Waals surface area contributed by atoms with Crippen molar-refractivity contribution >= 4 is 11.0 Å². The Labute approximate surface area is 148 Å². The minimum absolute atomic E-state index is 0.0800. The molecule has 0 saturated heterocycles. The van der Waals surface area contributed by atoms with Gasteiger partial charge < -0.3 is 28.5 Å². The molecule has 1 aliphatic heterocycles. The van der Waals surface area contributed by atoms with Gasteiger partial charge in [0, 0.05) is 17.0 Å². The predicted octanol–water partition coefficient (Wildman–Crippen LogP) is 3.03. The summed E-state index contributed by atoms with van der Waals surface area (Å²) in [6, 6.07) is 9.92. The molecular formula is C19H16O7. The first kappa shape index (κ1) is 16.1. The number of fused-ring (bicyclic) bond motifs is 3. The number of methoxy groups -OCH3 is 2. The zero-order chi connectivity index (χ0) is 18.3. The van der Waals surface area contributed by atoms with Crippen molar-refractivity contribution in [1.82, 2.24) is 0 Å². The fourth-order valence-corrected chi connectivity index (χ4v) is 2.93. The molecule has 0 bridgehead atoms. The van der Waals surface area contributed by atoms with Crippen LogP contribution < -0.4 is 24.6 Å². The SMILES string of the molecule is COc1cc([C@@H]2COc3c(ccc4ccc(=O)oc34)O2)cc(OC)c1O. The lowest BCUT2D eigenvalue weighted by Crippen LogP contribution is -2.22. The summed E-state index contributed by atoms with van der Waals surface area (Å²) in [7, 11) is 2.92. The van der Waals surface area contributed by atoms with Crippen molar-refractivity contribution in [3.05, 3.63) is 52.4 Å². The Hall–Kier alpha value is -3.35. The summed E-state index contributed by atoms with van der Waals surface area (Å²) in [5, 5.41) is 10.8.